The van der Waals surface area contributed by atoms with Crippen molar-refractivity contribution >= 4 is 46.6 Å². The maximum absolute atomic E-state index is 12.0. The van der Waals surface area contributed by atoms with Crippen LogP contribution in [0, 0.1) is 11.3 Å². The van der Waals surface area contributed by atoms with Crippen LogP contribution < -0.4 is 10.1 Å². The van der Waals surface area contributed by atoms with Gasteiger partial charge in [0.2, 0.25) is 0 Å². The van der Waals surface area contributed by atoms with E-state index >= 15 is 0 Å². The van der Waals surface area contributed by atoms with E-state index < -0.39 is 0 Å². The lowest BCUT2D eigenvalue weighted by Crippen LogP contribution is -2.20. The van der Waals surface area contributed by atoms with Gasteiger partial charge < -0.3 is 10.1 Å². The summed E-state index contributed by atoms with van der Waals surface area (Å²) < 4.78 is 5.39. The Morgan fingerprint density at radius 1 is 1.17 bits per heavy atom. The lowest BCUT2D eigenvalue weighted by molar-refractivity contribution is -0.118. The summed E-state index contributed by atoms with van der Waals surface area (Å²) in [6.45, 7) is -0.222. The molecule has 1 N–H and O–H groups in total. The highest BCUT2D eigenvalue weighted by Gasteiger charge is 2.11. The first kappa shape index (κ1) is 17.5. The molecule has 0 aliphatic heterocycles. The van der Waals surface area contributed by atoms with Crippen molar-refractivity contribution in [1.29, 1.82) is 5.26 Å². The van der Waals surface area contributed by atoms with Crippen LogP contribution in [0.15, 0.2) is 47.4 Å². The standard InChI is InChI=1S/C16H12Cl2N2O2S/c17-11-4-3-5-12(18)16(11)22-10-15(21)20-13-6-1-2-7-14(13)23-9-8-19/h1-7H,9-10H2,(H,20,21). The van der Waals surface area contributed by atoms with Gasteiger partial charge >= 0.3 is 0 Å². The van der Waals surface area contributed by atoms with E-state index in [-0.39, 0.29) is 18.3 Å². The van der Waals surface area contributed by atoms with Crippen molar-refractivity contribution in [3.63, 3.8) is 0 Å². The maximum Gasteiger partial charge on any atom is 0.262 e. The van der Waals surface area contributed by atoms with Crippen molar-refractivity contribution in [3.8, 4) is 11.8 Å². The van der Waals surface area contributed by atoms with Crippen LogP contribution in [0.5, 0.6) is 5.75 Å². The number of ether oxygens (including phenoxy) is 1. The van der Waals surface area contributed by atoms with E-state index in [0.717, 1.165) is 4.90 Å². The molecule has 0 aliphatic carbocycles. The average molecular weight is 367 g/mol. The molecule has 0 heterocycles. The Balaban J connectivity index is 1.99. The van der Waals surface area contributed by atoms with Gasteiger partial charge in [0.05, 0.1) is 27.6 Å². The molecule has 0 fully saturated rings. The number of nitrogens with one attached hydrogen (secondary N) is 1. The maximum atomic E-state index is 12.0. The second-order valence-electron chi connectivity index (χ2n) is 4.33. The first-order chi connectivity index (χ1) is 11.1. The summed E-state index contributed by atoms with van der Waals surface area (Å²) in [5.41, 5.74) is 0.631. The van der Waals surface area contributed by atoms with E-state index in [2.05, 4.69) is 11.4 Å². The van der Waals surface area contributed by atoms with Gasteiger partial charge in [-0.05, 0) is 24.3 Å². The number of benzene rings is 2. The lowest BCUT2D eigenvalue weighted by Gasteiger charge is -2.12. The molecular formula is C16H12Cl2N2O2S. The van der Waals surface area contributed by atoms with Crippen LogP contribution in [0.25, 0.3) is 0 Å². The molecule has 0 saturated heterocycles. The SMILES string of the molecule is N#CCSc1ccccc1NC(=O)COc1c(Cl)cccc1Cl. The number of halogens is 2. The molecule has 7 heteroatoms. The summed E-state index contributed by atoms with van der Waals surface area (Å²) in [4.78, 5) is 12.9. The lowest BCUT2D eigenvalue weighted by atomic mass is 10.3. The fourth-order valence-electron chi connectivity index (χ4n) is 1.75. The van der Waals surface area contributed by atoms with Crippen molar-refractivity contribution in [1.82, 2.24) is 0 Å². The molecule has 0 aromatic heterocycles. The van der Waals surface area contributed by atoms with Crippen molar-refractivity contribution in [2.45, 2.75) is 4.90 Å². The fraction of sp³-hybridized carbons (Fsp3) is 0.125. The summed E-state index contributed by atoms with van der Waals surface area (Å²) >= 11 is 13.3. The number of rotatable bonds is 6. The Kier molecular flexibility index (Phi) is 6.60. The van der Waals surface area contributed by atoms with Crippen molar-refractivity contribution in [3.05, 3.63) is 52.5 Å². The highest BCUT2D eigenvalue weighted by Crippen LogP contribution is 2.32. The third-order valence-corrected chi connectivity index (χ3v) is 4.26. The van der Waals surface area contributed by atoms with E-state index in [1.807, 2.05) is 12.1 Å². The van der Waals surface area contributed by atoms with Crippen LogP contribution in [0.1, 0.15) is 0 Å². The van der Waals surface area contributed by atoms with Gasteiger partial charge in [-0.1, -0.05) is 41.4 Å². The Bertz CT molecular complexity index is 727. The number of hydrogen-bond donors (Lipinski definition) is 1. The van der Waals surface area contributed by atoms with E-state index in [9.17, 15) is 4.79 Å². The normalized spacial score (nSPS) is 9.96. The Labute approximate surface area is 148 Å². The second-order valence-corrected chi connectivity index (χ2v) is 6.16. The van der Waals surface area contributed by atoms with Gasteiger partial charge in [0, 0.05) is 4.90 Å². The van der Waals surface area contributed by atoms with Gasteiger partial charge in [-0.3, -0.25) is 4.79 Å². The minimum absolute atomic E-state index is 0.222. The third-order valence-electron chi connectivity index (χ3n) is 2.72. The number of hydrogen-bond acceptors (Lipinski definition) is 4. The summed E-state index contributed by atoms with van der Waals surface area (Å²) in [5, 5.41) is 12.1. The highest BCUT2D eigenvalue weighted by atomic mass is 35.5. The molecule has 2 aromatic rings. The number of carbonyl (C=O) groups excluding carboxylic acids is 1. The van der Waals surface area contributed by atoms with Crippen LogP contribution in [-0.2, 0) is 4.79 Å². The number of amides is 1. The highest BCUT2D eigenvalue weighted by molar-refractivity contribution is 7.99. The first-order valence-electron chi connectivity index (χ1n) is 6.57. The van der Waals surface area contributed by atoms with Crippen LogP contribution in [0.2, 0.25) is 10.0 Å². The molecule has 0 saturated carbocycles. The summed E-state index contributed by atoms with van der Waals surface area (Å²) in [6.07, 6.45) is 0. The summed E-state index contributed by atoms with van der Waals surface area (Å²) in [7, 11) is 0. The predicted octanol–water partition coefficient (Wildman–Crippen LogP) is 4.63. The molecule has 4 nitrogen and oxygen atoms in total. The minimum Gasteiger partial charge on any atom is -0.481 e. The number of carbonyl (C=O) groups is 1. The second kappa shape index (κ2) is 8.68. The van der Waals surface area contributed by atoms with Crippen molar-refractivity contribution in [2.75, 3.05) is 17.7 Å². The first-order valence-corrected chi connectivity index (χ1v) is 8.31. The predicted molar refractivity (Wildman–Crippen MR) is 93.4 cm³/mol. The fourth-order valence-corrected chi connectivity index (χ4v) is 2.93. The number of para-hydroxylation sites is 2. The van der Waals surface area contributed by atoms with E-state index in [0.29, 0.717) is 21.5 Å². The summed E-state index contributed by atoms with van der Waals surface area (Å²) in [6, 6.07) is 14.3. The minimum atomic E-state index is -0.342. The van der Waals surface area contributed by atoms with Gasteiger partial charge in [0.1, 0.15) is 0 Å². The number of nitrogens with zero attached hydrogens (tertiary/aromatic N) is 1. The van der Waals surface area contributed by atoms with Crippen molar-refractivity contribution < 1.29 is 9.53 Å². The van der Waals surface area contributed by atoms with Crippen LogP contribution in [0.4, 0.5) is 5.69 Å². The van der Waals surface area contributed by atoms with Crippen LogP contribution >= 0.6 is 35.0 Å². The van der Waals surface area contributed by atoms with Gasteiger partial charge in [-0.2, -0.15) is 5.26 Å². The van der Waals surface area contributed by atoms with Gasteiger partial charge in [0.25, 0.3) is 5.91 Å². The Morgan fingerprint density at radius 3 is 2.57 bits per heavy atom. The number of thioether (sulfide) groups is 1. The zero-order chi connectivity index (χ0) is 16.7. The largest absolute Gasteiger partial charge is 0.481 e. The van der Waals surface area contributed by atoms with E-state index in [4.69, 9.17) is 33.2 Å². The molecule has 0 unspecified atom stereocenters. The molecule has 0 radical (unpaired) electrons. The quantitative estimate of drug-likeness (QED) is 0.757. The molecule has 23 heavy (non-hydrogen) atoms. The Morgan fingerprint density at radius 2 is 1.87 bits per heavy atom. The van der Waals surface area contributed by atoms with Gasteiger partial charge in [0.15, 0.2) is 12.4 Å². The molecule has 0 atom stereocenters. The smallest absolute Gasteiger partial charge is 0.262 e. The molecule has 2 rings (SSSR count). The summed E-state index contributed by atoms with van der Waals surface area (Å²) in [5.74, 6) is 0.239. The molecule has 0 spiro atoms. The Hall–Kier alpha value is -1.87. The third kappa shape index (κ3) is 5.07. The average Bonchev–Trinajstić information content (AvgIpc) is 2.53. The number of nitriles is 1. The van der Waals surface area contributed by atoms with Gasteiger partial charge in [-0.15, -0.1) is 11.8 Å². The monoisotopic (exact) mass is 366 g/mol. The molecule has 118 valence electrons. The van der Waals surface area contributed by atoms with E-state index in [1.54, 1.807) is 30.3 Å². The van der Waals surface area contributed by atoms with Crippen LogP contribution in [-0.4, -0.2) is 18.3 Å². The molecule has 0 bridgehead atoms. The van der Waals surface area contributed by atoms with Gasteiger partial charge in [-0.25, -0.2) is 0 Å². The van der Waals surface area contributed by atoms with Crippen molar-refractivity contribution in [2.24, 2.45) is 0 Å². The molecular weight excluding hydrogens is 355 g/mol. The zero-order valence-electron chi connectivity index (χ0n) is 11.9. The van der Waals surface area contributed by atoms with Crippen LogP contribution in [0.3, 0.4) is 0 Å². The topological polar surface area (TPSA) is 62.1 Å². The van der Waals surface area contributed by atoms with E-state index in [1.165, 1.54) is 11.8 Å². The molecule has 0 aliphatic rings. The number of anilines is 1. The molecule has 2 aromatic carbocycles. The molecule has 1 amide bonds. The zero-order valence-corrected chi connectivity index (χ0v) is 14.2.